The molecule has 0 spiro atoms. The van der Waals surface area contributed by atoms with Crippen molar-refractivity contribution in [3.63, 3.8) is 0 Å². The van der Waals surface area contributed by atoms with Gasteiger partial charge in [-0.3, -0.25) is 4.79 Å². The summed E-state index contributed by atoms with van der Waals surface area (Å²) in [5.41, 5.74) is 0.639. The van der Waals surface area contributed by atoms with E-state index < -0.39 is 21.8 Å². The van der Waals surface area contributed by atoms with E-state index in [-0.39, 0.29) is 16.3 Å². The molecule has 0 unspecified atom stereocenters. The van der Waals surface area contributed by atoms with E-state index in [2.05, 4.69) is 5.32 Å². The number of anilines is 1. The molecule has 0 bridgehead atoms. The molecule has 2 rings (SSSR count). The molecule has 2 aromatic rings. The molecule has 1 N–H and O–H groups in total. The number of carbonyl (C=O) groups is 1. The van der Waals surface area contributed by atoms with Crippen LogP contribution in [0.5, 0.6) is 5.75 Å². The summed E-state index contributed by atoms with van der Waals surface area (Å²) < 4.78 is 29.8. The zero-order chi connectivity index (χ0) is 18.4. The Hall–Kier alpha value is -2.85. The molecule has 2 aromatic carbocycles. The van der Waals surface area contributed by atoms with Crippen LogP contribution in [0, 0.1) is 11.3 Å². The SMILES string of the molecule is CCS(=O)(=O)c1ccccc1NC(=O)[C@@H](C)Oc1cccc(C#N)c1. The van der Waals surface area contributed by atoms with Crippen molar-refractivity contribution in [2.24, 2.45) is 0 Å². The van der Waals surface area contributed by atoms with Gasteiger partial charge in [0.05, 0.1) is 28.0 Å². The lowest BCUT2D eigenvalue weighted by molar-refractivity contribution is -0.122. The van der Waals surface area contributed by atoms with E-state index in [0.29, 0.717) is 11.3 Å². The predicted molar refractivity (Wildman–Crippen MR) is 94.0 cm³/mol. The molecule has 0 aliphatic heterocycles. The topological polar surface area (TPSA) is 96.3 Å². The highest BCUT2D eigenvalue weighted by atomic mass is 32.2. The first-order valence-electron chi connectivity index (χ1n) is 7.67. The van der Waals surface area contributed by atoms with Crippen molar-refractivity contribution < 1.29 is 17.9 Å². The maximum absolute atomic E-state index is 12.3. The number of hydrogen-bond donors (Lipinski definition) is 1. The Labute approximate surface area is 147 Å². The number of carbonyl (C=O) groups excluding carboxylic acids is 1. The molecule has 0 fully saturated rings. The van der Waals surface area contributed by atoms with Crippen molar-refractivity contribution >= 4 is 21.4 Å². The van der Waals surface area contributed by atoms with Crippen LogP contribution in [-0.4, -0.2) is 26.2 Å². The second kappa shape index (κ2) is 7.81. The van der Waals surface area contributed by atoms with Crippen molar-refractivity contribution in [2.75, 3.05) is 11.1 Å². The molecule has 0 aliphatic carbocycles. The van der Waals surface area contributed by atoms with Crippen LogP contribution in [0.3, 0.4) is 0 Å². The van der Waals surface area contributed by atoms with Crippen molar-refractivity contribution in [2.45, 2.75) is 24.8 Å². The van der Waals surface area contributed by atoms with Gasteiger partial charge in [0, 0.05) is 0 Å². The Kier molecular flexibility index (Phi) is 5.78. The van der Waals surface area contributed by atoms with Gasteiger partial charge in [0.1, 0.15) is 5.75 Å². The van der Waals surface area contributed by atoms with Gasteiger partial charge in [0.15, 0.2) is 15.9 Å². The van der Waals surface area contributed by atoms with Crippen molar-refractivity contribution in [1.29, 1.82) is 5.26 Å². The number of sulfone groups is 1. The normalized spacial score (nSPS) is 12.0. The van der Waals surface area contributed by atoms with Gasteiger partial charge in [-0.15, -0.1) is 0 Å². The van der Waals surface area contributed by atoms with E-state index in [9.17, 15) is 13.2 Å². The third-order valence-corrected chi connectivity index (χ3v) is 5.29. The van der Waals surface area contributed by atoms with Crippen molar-refractivity contribution in [3.8, 4) is 11.8 Å². The van der Waals surface area contributed by atoms with Gasteiger partial charge >= 0.3 is 0 Å². The lowest BCUT2D eigenvalue weighted by Gasteiger charge is -2.16. The standard InChI is InChI=1S/C18H18N2O4S/c1-3-25(22,23)17-10-5-4-9-16(17)20-18(21)13(2)24-15-8-6-7-14(11-15)12-19/h4-11,13H,3H2,1-2H3,(H,20,21)/t13-/m1/s1. The number of rotatable bonds is 6. The number of hydrogen-bond acceptors (Lipinski definition) is 5. The lowest BCUT2D eigenvalue weighted by atomic mass is 10.2. The smallest absolute Gasteiger partial charge is 0.265 e. The zero-order valence-corrected chi connectivity index (χ0v) is 14.7. The van der Waals surface area contributed by atoms with Crippen molar-refractivity contribution in [3.05, 3.63) is 54.1 Å². The summed E-state index contributed by atoms with van der Waals surface area (Å²) in [6.07, 6.45) is -0.869. The summed E-state index contributed by atoms with van der Waals surface area (Å²) in [4.78, 5) is 12.4. The highest BCUT2D eigenvalue weighted by Crippen LogP contribution is 2.22. The first-order valence-corrected chi connectivity index (χ1v) is 9.32. The third-order valence-electron chi connectivity index (χ3n) is 3.51. The second-order valence-corrected chi connectivity index (χ2v) is 7.54. The lowest BCUT2D eigenvalue weighted by Crippen LogP contribution is -2.30. The Morgan fingerprint density at radius 3 is 2.64 bits per heavy atom. The molecule has 0 saturated heterocycles. The van der Waals surface area contributed by atoms with E-state index >= 15 is 0 Å². The minimum absolute atomic E-state index is 0.0626. The average Bonchev–Trinajstić information content (AvgIpc) is 2.62. The molecule has 0 aromatic heterocycles. The van der Waals surface area contributed by atoms with Crippen molar-refractivity contribution in [1.82, 2.24) is 0 Å². The molecule has 7 heteroatoms. The van der Waals surface area contributed by atoms with Gasteiger partial charge in [-0.1, -0.05) is 25.1 Å². The molecule has 0 aliphatic rings. The van der Waals surface area contributed by atoms with Gasteiger partial charge in [-0.2, -0.15) is 5.26 Å². The molecular formula is C18H18N2O4S. The average molecular weight is 358 g/mol. The molecule has 0 radical (unpaired) electrons. The van der Waals surface area contributed by atoms with Gasteiger partial charge in [0.25, 0.3) is 5.91 Å². The van der Waals surface area contributed by atoms with Crippen LogP contribution in [0.2, 0.25) is 0 Å². The minimum atomic E-state index is -3.46. The summed E-state index contributed by atoms with van der Waals surface area (Å²) in [7, 11) is -3.46. The number of benzene rings is 2. The van der Waals surface area contributed by atoms with E-state index in [4.69, 9.17) is 10.00 Å². The summed E-state index contributed by atoms with van der Waals surface area (Å²) in [5, 5.41) is 11.5. The van der Waals surface area contributed by atoms with Crippen LogP contribution in [0.1, 0.15) is 19.4 Å². The van der Waals surface area contributed by atoms with E-state index in [1.165, 1.54) is 18.2 Å². The fourth-order valence-electron chi connectivity index (χ4n) is 2.13. The minimum Gasteiger partial charge on any atom is -0.481 e. The molecule has 1 atom stereocenters. The number of ether oxygens (including phenoxy) is 1. The quantitative estimate of drug-likeness (QED) is 0.856. The van der Waals surface area contributed by atoms with Crippen LogP contribution < -0.4 is 10.1 Å². The van der Waals surface area contributed by atoms with E-state index in [1.54, 1.807) is 44.2 Å². The van der Waals surface area contributed by atoms with Crippen LogP contribution in [0.15, 0.2) is 53.4 Å². The third kappa shape index (κ3) is 4.58. The highest BCUT2D eigenvalue weighted by Gasteiger charge is 2.20. The van der Waals surface area contributed by atoms with Crippen LogP contribution in [0.4, 0.5) is 5.69 Å². The summed E-state index contributed by atoms with van der Waals surface area (Å²) in [6, 6.07) is 14.7. The largest absolute Gasteiger partial charge is 0.481 e. The molecule has 0 heterocycles. The fraction of sp³-hybridized carbons (Fsp3) is 0.222. The molecular weight excluding hydrogens is 340 g/mol. The maximum atomic E-state index is 12.3. The molecule has 6 nitrogen and oxygen atoms in total. The van der Waals surface area contributed by atoms with Gasteiger partial charge < -0.3 is 10.1 Å². The molecule has 130 valence electrons. The Balaban J connectivity index is 2.16. The summed E-state index contributed by atoms with van der Waals surface area (Å²) in [5.74, 6) is -0.162. The number of nitrogens with zero attached hydrogens (tertiary/aromatic N) is 1. The Morgan fingerprint density at radius 2 is 1.96 bits per heavy atom. The Bertz CT molecular complexity index is 917. The number of para-hydroxylation sites is 1. The highest BCUT2D eigenvalue weighted by molar-refractivity contribution is 7.91. The van der Waals surface area contributed by atoms with E-state index in [0.717, 1.165) is 0 Å². The summed E-state index contributed by atoms with van der Waals surface area (Å²) in [6.45, 7) is 3.09. The van der Waals surface area contributed by atoms with Gasteiger partial charge in [0.2, 0.25) is 0 Å². The number of nitriles is 1. The second-order valence-electron chi connectivity index (χ2n) is 5.29. The molecule has 25 heavy (non-hydrogen) atoms. The first kappa shape index (κ1) is 18.5. The van der Waals surface area contributed by atoms with E-state index in [1.807, 2.05) is 6.07 Å². The fourth-order valence-corrected chi connectivity index (χ4v) is 3.18. The summed E-state index contributed by atoms with van der Waals surface area (Å²) >= 11 is 0. The monoisotopic (exact) mass is 358 g/mol. The van der Waals surface area contributed by atoms with Gasteiger partial charge in [-0.05, 0) is 37.3 Å². The Morgan fingerprint density at radius 1 is 1.24 bits per heavy atom. The van der Waals surface area contributed by atoms with Crippen LogP contribution in [0.25, 0.3) is 0 Å². The predicted octanol–water partition coefficient (Wildman–Crippen LogP) is 2.76. The van der Waals surface area contributed by atoms with Crippen LogP contribution in [-0.2, 0) is 14.6 Å². The van der Waals surface area contributed by atoms with Crippen LogP contribution >= 0.6 is 0 Å². The first-order chi connectivity index (χ1) is 11.9. The molecule has 0 saturated carbocycles. The molecule has 1 amide bonds. The maximum Gasteiger partial charge on any atom is 0.265 e. The zero-order valence-electron chi connectivity index (χ0n) is 13.9. The van der Waals surface area contributed by atoms with Gasteiger partial charge in [-0.25, -0.2) is 8.42 Å². The number of amides is 1. The number of nitrogens with one attached hydrogen (secondary N) is 1.